The van der Waals surface area contributed by atoms with Gasteiger partial charge < -0.3 is 10.5 Å². The second kappa shape index (κ2) is 7.12. The SMILES string of the molecule is Cc1cc(-c2ccccc2F)ccc1OCCN.Cl. The summed E-state index contributed by atoms with van der Waals surface area (Å²) in [5.74, 6) is 0.577. The molecule has 2 aromatic rings. The normalized spacial score (nSPS) is 9.84. The van der Waals surface area contributed by atoms with E-state index < -0.39 is 0 Å². The molecule has 0 fully saturated rings. The number of hydrogen-bond donors (Lipinski definition) is 1. The topological polar surface area (TPSA) is 35.2 Å². The maximum absolute atomic E-state index is 13.7. The van der Waals surface area contributed by atoms with Gasteiger partial charge in [0.15, 0.2) is 0 Å². The Labute approximate surface area is 118 Å². The zero-order valence-corrected chi connectivity index (χ0v) is 11.5. The molecule has 0 aromatic heterocycles. The minimum Gasteiger partial charge on any atom is -0.492 e. The second-order valence-corrected chi connectivity index (χ2v) is 4.10. The van der Waals surface area contributed by atoms with Crippen molar-refractivity contribution < 1.29 is 9.13 Å². The Hall–Kier alpha value is -1.58. The predicted molar refractivity (Wildman–Crippen MR) is 78.4 cm³/mol. The van der Waals surface area contributed by atoms with Gasteiger partial charge in [0.1, 0.15) is 18.2 Å². The fourth-order valence-electron chi connectivity index (χ4n) is 1.84. The molecular formula is C15H17ClFNO. The first-order valence-electron chi connectivity index (χ1n) is 5.91. The smallest absolute Gasteiger partial charge is 0.131 e. The van der Waals surface area contributed by atoms with E-state index in [0.29, 0.717) is 18.7 Å². The Kier molecular flexibility index (Phi) is 5.80. The number of nitrogens with two attached hydrogens (primary N) is 1. The molecule has 0 bridgehead atoms. The van der Waals surface area contributed by atoms with E-state index in [4.69, 9.17) is 10.5 Å². The lowest BCUT2D eigenvalue weighted by Crippen LogP contribution is -2.11. The lowest BCUT2D eigenvalue weighted by atomic mass is 10.0. The van der Waals surface area contributed by atoms with Crippen LogP contribution >= 0.6 is 12.4 Å². The third kappa shape index (κ3) is 3.69. The summed E-state index contributed by atoms with van der Waals surface area (Å²) < 4.78 is 19.2. The minimum atomic E-state index is -0.215. The van der Waals surface area contributed by atoms with Gasteiger partial charge in [0, 0.05) is 12.1 Å². The highest BCUT2D eigenvalue weighted by Crippen LogP contribution is 2.27. The summed E-state index contributed by atoms with van der Waals surface area (Å²) in [6.45, 7) is 2.91. The number of halogens is 2. The highest BCUT2D eigenvalue weighted by Gasteiger charge is 2.06. The van der Waals surface area contributed by atoms with Gasteiger partial charge in [-0.2, -0.15) is 0 Å². The van der Waals surface area contributed by atoms with E-state index in [1.165, 1.54) is 6.07 Å². The summed E-state index contributed by atoms with van der Waals surface area (Å²) in [4.78, 5) is 0. The van der Waals surface area contributed by atoms with Crippen molar-refractivity contribution in [3.8, 4) is 16.9 Å². The minimum absolute atomic E-state index is 0. The van der Waals surface area contributed by atoms with Crippen molar-refractivity contribution in [1.29, 1.82) is 0 Å². The van der Waals surface area contributed by atoms with Crippen molar-refractivity contribution in [3.63, 3.8) is 0 Å². The van der Waals surface area contributed by atoms with Gasteiger partial charge in [-0.1, -0.05) is 24.3 Å². The lowest BCUT2D eigenvalue weighted by molar-refractivity contribution is 0.326. The zero-order valence-electron chi connectivity index (χ0n) is 10.7. The maximum atomic E-state index is 13.7. The fourth-order valence-corrected chi connectivity index (χ4v) is 1.84. The molecule has 2 nitrogen and oxygen atoms in total. The van der Waals surface area contributed by atoms with Crippen LogP contribution in [0.4, 0.5) is 4.39 Å². The molecule has 0 saturated heterocycles. The van der Waals surface area contributed by atoms with Gasteiger partial charge >= 0.3 is 0 Å². The number of benzene rings is 2. The summed E-state index contributed by atoms with van der Waals surface area (Å²) >= 11 is 0. The van der Waals surface area contributed by atoms with Gasteiger partial charge in [-0.3, -0.25) is 0 Å². The molecule has 19 heavy (non-hydrogen) atoms. The average molecular weight is 282 g/mol. The van der Waals surface area contributed by atoms with Crippen LogP contribution < -0.4 is 10.5 Å². The van der Waals surface area contributed by atoms with Gasteiger partial charge in [-0.15, -0.1) is 12.4 Å². The van der Waals surface area contributed by atoms with E-state index in [9.17, 15) is 4.39 Å². The van der Waals surface area contributed by atoms with Gasteiger partial charge in [0.05, 0.1) is 0 Å². The Morgan fingerprint density at radius 3 is 2.53 bits per heavy atom. The van der Waals surface area contributed by atoms with Crippen LogP contribution in [-0.2, 0) is 0 Å². The van der Waals surface area contributed by atoms with Crippen molar-refractivity contribution in [3.05, 3.63) is 53.8 Å². The molecule has 2 aromatic carbocycles. The van der Waals surface area contributed by atoms with Crippen LogP contribution in [0.25, 0.3) is 11.1 Å². The van der Waals surface area contributed by atoms with Crippen molar-refractivity contribution in [2.45, 2.75) is 6.92 Å². The molecule has 4 heteroatoms. The summed E-state index contributed by atoms with van der Waals surface area (Å²) in [6.07, 6.45) is 0. The zero-order chi connectivity index (χ0) is 13.0. The van der Waals surface area contributed by atoms with Crippen LogP contribution in [0.15, 0.2) is 42.5 Å². The Morgan fingerprint density at radius 1 is 1.16 bits per heavy atom. The second-order valence-electron chi connectivity index (χ2n) is 4.10. The largest absolute Gasteiger partial charge is 0.492 e. The first-order chi connectivity index (χ1) is 8.72. The summed E-state index contributed by atoms with van der Waals surface area (Å²) in [6, 6.07) is 12.4. The summed E-state index contributed by atoms with van der Waals surface area (Å²) in [5.41, 5.74) is 7.82. The van der Waals surface area contributed by atoms with Gasteiger partial charge in [0.2, 0.25) is 0 Å². The number of hydrogen-bond acceptors (Lipinski definition) is 2. The van der Waals surface area contributed by atoms with Crippen LogP contribution in [-0.4, -0.2) is 13.2 Å². The molecule has 0 aliphatic heterocycles. The van der Waals surface area contributed by atoms with E-state index >= 15 is 0 Å². The summed E-state index contributed by atoms with van der Waals surface area (Å²) in [5, 5.41) is 0. The fraction of sp³-hybridized carbons (Fsp3) is 0.200. The molecule has 0 radical (unpaired) electrons. The molecule has 102 valence electrons. The average Bonchev–Trinajstić information content (AvgIpc) is 2.38. The Bertz CT molecular complexity index is 545. The highest BCUT2D eigenvalue weighted by molar-refractivity contribution is 5.85. The first kappa shape index (κ1) is 15.5. The van der Waals surface area contributed by atoms with Crippen molar-refractivity contribution in [2.75, 3.05) is 13.2 Å². The first-order valence-corrected chi connectivity index (χ1v) is 5.91. The third-order valence-electron chi connectivity index (χ3n) is 2.74. The molecular weight excluding hydrogens is 265 g/mol. The number of ether oxygens (including phenoxy) is 1. The molecule has 0 unspecified atom stereocenters. The van der Waals surface area contributed by atoms with E-state index in [0.717, 1.165) is 16.9 Å². The van der Waals surface area contributed by atoms with Crippen LogP contribution in [0.3, 0.4) is 0 Å². The van der Waals surface area contributed by atoms with Crippen LogP contribution in [0, 0.1) is 12.7 Å². The number of aryl methyl sites for hydroxylation is 1. The quantitative estimate of drug-likeness (QED) is 0.930. The van der Waals surface area contributed by atoms with E-state index in [2.05, 4.69) is 0 Å². The van der Waals surface area contributed by atoms with Crippen molar-refractivity contribution >= 4 is 12.4 Å². The Morgan fingerprint density at radius 2 is 1.89 bits per heavy atom. The molecule has 2 rings (SSSR count). The third-order valence-corrected chi connectivity index (χ3v) is 2.74. The Balaban J connectivity index is 0.00000180. The van der Waals surface area contributed by atoms with Gasteiger partial charge in [0.25, 0.3) is 0 Å². The molecule has 0 amide bonds. The monoisotopic (exact) mass is 281 g/mol. The standard InChI is InChI=1S/C15H16FNO.ClH/c1-11-10-12(6-7-15(11)18-9-8-17)13-4-2-3-5-14(13)16;/h2-7,10H,8-9,17H2,1H3;1H. The highest BCUT2D eigenvalue weighted by atomic mass is 35.5. The van der Waals surface area contributed by atoms with Crippen LogP contribution in [0.1, 0.15) is 5.56 Å². The van der Waals surface area contributed by atoms with Crippen LogP contribution in [0.2, 0.25) is 0 Å². The molecule has 0 saturated carbocycles. The summed E-state index contributed by atoms with van der Waals surface area (Å²) in [7, 11) is 0. The molecule has 0 atom stereocenters. The van der Waals surface area contributed by atoms with Crippen molar-refractivity contribution in [2.24, 2.45) is 5.73 Å². The van der Waals surface area contributed by atoms with Crippen molar-refractivity contribution in [1.82, 2.24) is 0 Å². The van der Waals surface area contributed by atoms with Gasteiger partial charge in [-0.05, 0) is 36.2 Å². The van der Waals surface area contributed by atoms with E-state index in [1.54, 1.807) is 12.1 Å². The van der Waals surface area contributed by atoms with Crippen LogP contribution in [0.5, 0.6) is 5.75 Å². The lowest BCUT2D eigenvalue weighted by Gasteiger charge is -2.10. The maximum Gasteiger partial charge on any atom is 0.131 e. The molecule has 0 aliphatic carbocycles. The molecule has 0 aliphatic rings. The predicted octanol–water partition coefficient (Wildman–Crippen LogP) is 3.56. The van der Waals surface area contributed by atoms with Gasteiger partial charge in [-0.25, -0.2) is 4.39 Å². The molecule has 2 N–H and O–H groups in total. The van der Waals surface area contributed by atoms with E-state index in [1.807, 2.05) is 31.2 Å². The molecule has 0 spiro atoms. The van der Waals surface area contributed by atoms with E-state index in [-0.39, 0.29) is 18.2 Å². The molecule has 0 heterocycles. The number of rotatable bonds is 4.